The summed E-state index contributed by atoms with van der Waals surface area (Å²) in [6.45, 7) is 3.59. The molecule has 8 nitrogen and oxygen atoms in total. The summed E-state index contributed by atoms with van der Waals surface area (Å²) in [6, 6.07) is 9.66. The van der Waals surface area contributed by atoms with E-state index in [1.165, 1.54) is 6.08 Å². The number of imide groups is 2. The van der Waals surface area contributed by atoms with Crippen molar-refractivity contribution in [3.8, 4) is 5.75 Å². The van der Waals surface area contributed by atoms with E-state index in [4.69, 9.17) is 4.74 Å². The van der Waals surface area contributed by atoms with E-state index in [0.29, 0.717) is 21.5 Å². The Morgan fingerprint density at radius 3 is 2.50 bits per heavy atom. The molecule has 0 saturated carbocycles. The van der Waals surface area contributed by atoms with Gasteiger partial charge in [0.1, 0.15) is 11.3 Å². The molecule has 30 heavy (non-hydrogen) atoms. The summed E-state index contributed by atoms with van der Waals surface area (Å²) in [5.41, 5.74) is 2.85. The quantitative estimate of drug-likeness (QED) is 0.458. The highest BCUT2D eigenvalue weighted by Crippen LogP contribution is 2.26. The largest absolute Gasteiger partial charge is 0.483 e. The second kappa shape index (κ2) is 8.91. The van der Waals surface area contributed by atoms with Gasteiger partial charge in [-0.05, 0) is 55.3 Å². The molecule has 154 valence electrons. The molecule has 9 heteroatoms. The standard InChI is InChI=1S/C21H18BrN3O5/c1-11-4-3-5-16(12(11)2)23-18(26)10-30-17-7-6-14(22)8-13(17)9-15-19(27)24-21(29)25-20(15)28/h3-9H,10H2,1-2H3,(H,23,26)(H2,24,25,27,28,29). The zero-order valence-electron chi connectivity index (χ0n) is 16.2. The Kier molecular flexibility index (Phi) is 6.31. The number of urea groups is 1. The fourth-order valence-electron chi connectivity index (χ4n) is 2.74. The Labute approximate surface area is 180 Å². The van der Waals surface area contributed by atoms with E-state index in [1.807, 2.05) is 36.6 Å². The van der Waals surface area contributed by atoms with E-state index < -0.39 is 17.8 Å². The van der Waals surface area contributed by atoms with Crippen LogP contribution >= 0.6 is 15.9 Å². The Balaban J connectivity index is 1.77. The van der Waals surface area contributed by atoms with Gasteiger partial charge in [-0.3, -0.25) is 25.0 Å². The number of aryl methyl sites for hydroxylation is 1. The lowest BCUT2D eigenvalue weighted by Crippen LogP contribution is -2.51. The van der Waals surface area contributed by atoms with Crippen LogP contribution in [0.1, 0.15) is 16.7 Å². The summed E-state index contributed by atoms with van der Waals surface area (Å²) in [7, 11) is 0. The van der Waals surface area contributed by atoms with Crippen molar-refractivity contribution in [2.45, 2.75) is 13.8 Å². The van der Waals surface area contributed by atoms with Gasteiger partial charge in [0.05, 0.1) is 0 Å². The summed E-state index contributed by atoms with van der Waals surface area (Å²) < 4.78 is 6.30. The lowest BCUT2D eigenvalue weighted by molar-refractivity contribution is -0.124. The highest BCUT2D eigenvalue weighted by molar-refractivity contribution is 9.10. The number of benzene rings is 2. The number of hydrogen-bond donors (Lipinski definition) is 3. The maximum Gasteiger partial charge on any atom is 0.328 e. The normalized spacial score (nSPS) is 13.4. The van der Waals surface area contributed by atoms with Crippen LogP contribution < -0.4 is 20.7 Å². The fourth-order valence-corrected chi connectivity index (χ4v) is 3.12. The topological polar surface area (TPSA) is 114 Å². The molecule has 0 aromatic heterocycles. The number of carbonyl (C=O) groups excluding carboxylic acids is 4. The first-order valence-corrected chi connectivity index (χ1v) is 9.70. The SMILES string of the molecule is Cc1cccc(NC(=O)COc2ccc(Br)cc2C=C2C(=O)NC(=O)NC2=O)c1C. The summed E-state index contributed by atoms with van der Waals surface area (Å²) in [4.78, 5) is 47.5. The average molecular weight is 472 g/mol. The van der Waals surface area contributed by atoms with Crippen LogP contribution in [-0.4, -0.2) is 30.4 Å². The number of halogens is 1. The van der Waals surface area contributed by atoms with E-state index in [2.05, 4.69) is 21.2 Å². The van der Waals surface area contributed by atoms with Gasteiger partial charge in [-0.15, -0.1) is 0 Å². The predicted molar refractivity (Wildman–Crippen MR) is 114 cm³/mol. The smallest absolute Gasteiger partial charge is 0.328 e. The Bertz CT molecular complexity index is 1070. The van der Waals surface area contributed by atoms with Gasteiger partial charge in [0, 0.05) is 15.7 Å². The highest BCUT2D eigenvalue weighted by Gasteiger charge is 2.28. The lowest BCUT2D eigenvalue weighted by Gasteiger charge is -2.15. The maximum absolute atomic E-state index is 12.3. The number of hydrogen-bond acceptors (Lipinski definition) is 5. The molecule has 1 aliphatic heterocycles. The molecular formula is C21H18BrN3O5. The van der Waals surface area contributed by atoms with Crippen LogP contribution in [0, 0.1) is 13.8 Å². The summed E-state index contributed by atoms with van der Waals surface area (Å²) in [6.07, 6.45) is 1.29. The van der Waals surface area contributed by atoms with E-state index >= 15 is 0 Å². The van der Waals surface area contributed by atoms with Gasteiger partial charge < -0.3 is 10.1 Å². The molecule has 0 spiro atoms. The third kappa shape index (κ3) is 4.93. The van der Waals surface area contributed by atoms with Crippen molar-refractivity contribution in [1.82, 2.24) is 10.6 Å². The molecule has 1 saturated heterocycles. The average Bonchev–Trinajstić information content (AvgIpc) is 2.67. The number of carbonyl (C=O) groups is 4. The predicted octanol–water partition coefficient (Wildman–Crippen LogP) is 2.83. The second-order valence-electron chi connectivity index (χ2n) is 6.56. The minimum absolute atomic E-state index is 0.252. The van der Waals surface area contributed by atoms with Crippen LogP contribution in [0.25, 0.3) is 6.08 Å². The molecule has 0 unspecified atom stereocenters. The number of anilines is 1. The lowest BCUT2D eigenvalue weighted by atomic mass is 10.1. The third-order valence-electron chi connectivity index (χ3n) is 4.45. The molecule has 0 atom stereocenters. The van der Waals surface area contributed by atoms with Crippen LogP contribution in [-0.2, 0) is 14.4 Å². The molecule has 1 heterocycles. The van der Waals surface area contributed by atoms with Crippen molar-refractivity contribution in [3.63, 3.8) is 0 Å². The molecule has 0 aliphatic carbocycles. The molecule has 3 N–H and O–H groups in total. The van der Waals surface area contributed by atoms with Gasteiger partial charge in [0.2, 0.25) is 0 Å². The zero-order chi connectivity index (χ0) is 21.8. The minimum atomic E-state index is -0.879. The van der Waals surface area contributed by atoms with E-state index in [-0.39, 0.29) is 18.1 Å². The molecule has 0 radical (unpaired) electrons. The molecule has 3 rings (SSSR count). The highest BCUT2D eigenvalue weighted by atomic mass is 79.9. The fraction of sp³-hybridized carbons (Fsp3) is 0.143. The van der Waals surface area contributed by atoms with Crippen LogP contribution in [0.15, 0.2) is 46.4 Å². The molecule has 0 bridgehead atoms. The Hall–Kier alpha value is -3.46. The first-order valence-electron chi connectivity index (χ1n) is 8.91. The first kappa shape index (κ1) is 21.3. The zero-order valence-corrected chi connectivity index (χ0v) is 17.8. The van der Waals surface area contributed by atoms with Gasteiger partial charge in [-0.25, -0.2) is 4.79 Å². The van der Waals surface area contributed by atoms with E-state index in [1.54, 1.807) is 24.3 Å². The van der Waals surface area contributed by atoms with E-state index in [9.17, 15) is 19.2 Å². The third-order valence-corrected chi connectivity index (χ3v) is 4.95. The molecule has 1 fully saturated rings. The number of barbiturate groups is 1. The van der Waals surface area contributed by atoms with Gasteiger partial charge in [-0.1, -0.05) is 28.1 Å². The van der Waals surface area contributed by atoms with Crippen molar-refractivity contribution in [2.75, 3.05) is 11.9 Å². The van der Waals surface area contributed by atoms with Gasteiger partial charge in [0.25, 0.3) is 17.7 Å². The summed E-state index contributed by atoms with van der Waals surface area (Å²) in [5, 5.41) is 6.81. The Morgan fingerprint density at radius 2 is 1.80 bits per heavy atom. The summed E-state index contributed by atoms with van der Waals surface area (Å²) >= 11 is 3.32. The summed E-state index contributed by atoms with van der Waals surface area (Å²) in [5.74, 6) is -1.70. The van der Waals surface area contributed by atoms with Crippen LogP contribution in [0.4, 0.5) is 10.5 Å². The van der Waals surface area contributed by atoms with Crippen molar-refractivity contribution in [1.29, 1.82) is 0 Å². The molecular weight excluding hydrogens is 454 g/mol. The van der Waals surface area contributed by atoms with Crippen molar-refractivity contribution in [3.05, 3.63) is 63.1 Å². The number of ether oxygens (including phenoxy) is 1. The number of nitrogens with one attached hydrogen (secondary N) is 3. The van der Waals surface area contributed by atoms with Crippen LogP contribution in [0.3, 0.4) is 0 Å². The molecule has 5 amide bonds. The van der Waals surface area contributed by atoms with Crippen molar-refractivity contribution < 1.29 is 23.9 Å². The van der Waals surface area contributed by atoms with Crippen molar-refractivity contribution in [2.24, 2.45) is 0 Å². The maximum atomic E-state index is 12.3. The first-order chi connectivity index (χ1) is 14.2. The second-order valence-corrected chi connectivity index (χ2v) is 7.48. The number of rotatable bonds is 5. The van der Waals surface area contributed by atoms with Gasteiger partial charge in [-0.2, -0.15) is 0 Å². The molecule has 2 aromatic carbocycles. The van der Waals surface area contributed by atoms with Crippen LogP contribution in [0.5, 0.6) is 5.75 Å². The number of amides is 5. The van der Waals surface area contributed by atoms with Gasteiger partial charge >= 0.3 is 6.03 Å². The van der Waals surface area contributed by atoms with Gasteiger partial charge in [0.15, 0.2) is 6.61 Å². The van der Waals surface area contributed by atoms with Crippen molar-refractivity contribution >= 4 is 51.4 Å². The molecule has 2 aromatic rings. The molecule has 1 aliphatic rings. The van der Waals surface area contributed by atoms with Crippen LogP contribution in [0.2, 0.25) is 0 Å². The monoisotopic (exact) mass is 471 g/mol. The van der Waals surface area contributed by atoms with E-state index in [0.717, 1.165) is 11.1 Å². The Morgan fingerprint density at radius 1 is 1.10 bits per heavy atom. The minimum Gasteiger partial charge on any atom is -0.483 e.